The van der Waals surface area contributed by atoms with Crippen molar-refractivity contribution in [3.63, 3.8) is 0 Å². The van der Waals surface area contributed by atoms with Crippen molar-refractivity contribution in [1.82, 2.24) is 0 Å². The first-order valence-electron chi connectivity index (χ1n) is 5.31. The largest absolute Gasteiger partial charge is 0.508 e. The number of aliphatic hydroxyl groups excluding tert-OH is 1. The summed E-state index contributed by atoms with van der Waals surface area (Å²) in [6, 6.07) is 6.94. The fraction of sp³-hybridized carbons (Fsp3) is 0.500. The molecule has 4 heteroatoms. The molecule has 16 heavy (non-hydrogen) atoms. The second-order valence-electron chi connectivity index (χ2n) is 4.03. The van der Waals surface area contributed by atoms with Crippen LogP contribution in [0.4, 0.5) is 0 Å². The molecule has 0 bridgehead atoms. The molecule has 0 aromatic heterocycles. The number of methoxy groups -OCH3 is 1. The van der Waals surface area contributed by atoms with E-state index in [1.807, 2.05) is 6.07 Å². The fourth-order valence-corrected chi connectivity index (χ4v) is 2.16. The summed E-state index contributed by atoms with van der Waals surface area (Å²) in [5, 5.41) is 19.0. The molecule has 4 nitrogen and oxygen atoms in total. The molecule has 2 rings (SSSR count). The van der Waals surface area contributed by atoms with Gasteiger partial charge in [0.05, 0.1) is 12.2 Å². The Morgan fingerprint density at radius 1 is 1.50 bits per heavy atom. The molecule has 2 unspecified atom stereocenters. The average Bonchev–Trinajstić information content (AvgIpc) is 2.29. The van der Waals surface area contributed by atoms with Crippen molar-refractivity contribution in [3.05, 3.63) is 29.8 Å². The number of benzene rings is 1. The molecule has 0 spiro atoms. The number of aliphatic hydroxyl groups is 1. The van der Waals surface area contributed by atoms with Crippen molar-refractivity contribution in [3.8, 4) is 5.75 Å². The summed E-state index contributed by atoms with van der Waals surface area (Å²) < 4.78 is 10.6. The molecule has 1 saturated heterocycles. The van der Waals surface area contributed by atoms with E-state index in [9.17, 15) is 10.2 Å². The molecule has 1 aromatic rings. The predicted octanol–water partition coefficient (Wildman–Crippen LogP) is 1.36. The summed E-state index contributed by atoms with van der Waals surface area (Å²) >= 11 is 0. The van der Waals surface area contributed by atoms with Crippen LogP contribution in [0.3, 0.4) is 0 Å². The molecule has 0 saturated carbocycles. The quantitative estimate of drug-likeness (QED) is 0.796. The first-order chi connectivity index (χ1) is 7.66. The third kappa shape index (κ3) is 2.04. The third-order valence-electron chi connectivity index (χ3n) is 3.08. The normalized spacial score (nSPS) is 30.2. The Bertz CT molecular complexity index is 366. The summed E-state index contributed by atoms with van der Waals surface area (Å²) in [5.74, 6) is 0.204. The van der Waals surface area contributed by atoms with Crippen LogP contribution in [0.2, 0.25) is 0 Å². The van der Waals surface area contributed by atoms with Gasteiger partial charge in [0.25, 0.3) is 0 Å². The van der Waals surface area contributed by atoms with Crippen molar-refractivity contribution in [1.29, 1.82) is 0 Å². The van der Waals surface area contributed by atoms with E-state index >= 15 is 0 Å². The number of hydrogen-bond donors (Lipinski definition) is 2. The SMILES string of the molecule is COC1(c2cccc(O)c2)CCOC(O)C1. The molecule has 1 fully saturated rings. The zero-order chi connectivity index (χ0) is 11.6. The Labute approximate surface area is 94.4 Å². The van der Waals surface area contributed by atoms with Gasteiger partial charge < -0.3 is 19.7 Å². The number of hydrogen-bond acceptors (Lipinski definition) is 4. The van der Waals surface area contributed by atoms with Crippen LogP contribution in [-0.4, -0.2) is 30.2 Å². The summed E-state index contributed by atoms with van der Waals surface area (Å²) in [4.78, 5) is 0. The molecule has 1 heterocycles. The molecule has 88 valence electrons. The van der Waals surface area contributed by atoms with E-state index in [-0.39, 0.29) is 5.75 Å². The minimum atomic E-state index is -0.809. The Balaban J connectivity index is 2.33. The minimum Gasteiger partial charge on any atom is -0.508 e. The highest BCUT2D eigenvalue weighted by Crippen LogP contribution is 2.38. The minimum absolute atomic E-state index is 0.204. The van der Waals surface area contributed by atoms with Crippen molar-refractivity contribution in [2.75, 3.05) is 13.7 Å². The van der Waals surface area contributed by atoms with Gasteiger partial charge in [-0.3, -0.25) is 0 Å². The molecule has 1 aromatic carbocycles. The second kappa shape index (κ2) is 4.41. The van der Waals surface area contributed by atoms with Gasteiger partial charge in [-0.2, -0.15) is 0 Å². The molecular formula is C12H16O4. The molecule has 2 atom stereocenters. The van der Waals surface area contributed by atoms with Crippen molar-refractivity contribution in [2.45, 2.75) is 24.7 Å². The second-order valence-corrected chi connectivity index (χ2v) is 4.03. The van der Waals surface area contributed by atoms with Gasteiger partial charge in [0.15, 0.2) is 6.29 Å². The number of phenols is 1. The number of ether oxygens (including phenoxy) is 2. The number of aromatic hydroxyl groups is 1. The Morgan fingerprint density at radius 3 is 2.94 bits per heavy atom. The lowest BCUT2D eigenvalue weighted by atomic mass is 9.85. The maximum atomic E-state index is 9.54. The smallest absolute Gasteiger partial charge is 0.157 e. The van der Waals surface area contributed by atoms with E-state index < -0.39 is 11.9 Å². The van der Waals surface area contributed by atoms with E-state index in [1.165, 1.54) is 0 Å². The van der Waals surface area contributed by atoms with E-state index in [1.54, 1.807) is 25.3 Å². The molecule has 1 aliphatic heterocycles. The van der Waals surface area contributed by atoms with Gasteiger partial charge in [-0.05, 0) is 17.7 Å². The van der Waals surface area contributed by atoms with Gasteiger partial charge in [0, 0.05) is 20.0 Å². The topological polar surface area (TPSA) is 58.9 Å². The van der Waals surface area contributed by atoms with Gasteiger partial charge in [-0.15, -0.1) is 0 Å². The Morgan fingerprint density at radius 2 is 2.31 bits per heavy atom. The maximum Gasteiger partial charge on any atom is 0.157 e. The summed E-state index contributed by atoms with van der Waals surface area (Å²) in [6.45, 7) is 0.449. The van der Waals surface area contributed by atoms with Crippen LogP contribution in [0.15, 0.2) is 24.3 Å². The van der Waals surface area contributed by atoms with Gasteiger partial charge in [-0.1, -0.05) is 12.1 Å². The summed E-state index contributed by atoms with van der Waals surface area (Å²) in [7, 11) is 1.61. The zero-order valence-electron chi connectivity index (χ0n) is 9.22. The monoisotopic (exact) mass is 224 g/mol. The molecule has 2 N–H and O–H groups in total. The molecule has 1 aliphatic rings. The van der Waals surface area contributed by atoms with E-state index in [4.69, 9.17) is 9.47 Å². The van der Waals surface area contributed by atoms with Crippen LogP contribution in [-0.2, 0) is 15.1 Å². The Kier molecular flexibility index (Phi) is 3.14. The van der Waals surface area contributed by atoms with Gasteiger partial charge >= 0.3 is 0 Å². The number of phenolic OH excluding ortho intramolecular Hbond substituents is 1. The van der Waals surface area contributed by atoms with Crippen LogP contribution in [0.1, 0.15) is 18.4 Å². The predicted molar refractivity (Wildman–Crippen MR) is 58.0 cm³/mol. The molecular weight excluding hydrogens is 208 g/mol. The lowest BCUT2D eigenvalue weighted by Gasteiger charge is -2.38. The van der Waals surface area contributed by atoms with Crippen LogP contribution in [0.5, 0.6) is 5.75 Å². The van der Waals surface area contributed by atoms with Crippen molar-refractivity contribution in [2.24, 2.45) is 0 Å². The van der Waals surface area contributed by atoms with Crippen molar-refractivity contribution < 1.29 is 19.7 Å². The molecule has 0 radical (unpaired) electrons. The van der Waals surface area contributed by atoms with Gasteiger partial charge in [0.2, 0.25) is 0 Å². The van der Waals surface area contributed by atoms with Gasteiger partial charge in [0.1, 0.15) is 5.75 Å². The Hall–Kier alpha value is -1.10. The standard InChI is InChI=1S/C12H16O4/c1-15-12(5-6-16-11(14)8-12)9-3-2-4-10(13)7-9/h2-4,7,11,13-14H,5-6,8H2,1H3. The average molecular weight is 224 g/mol. The highest BCUT2D eigenvalue weighted by Gasteiger charge is 2.38. The maximum absolute atomic E-state index is 9.54. The zero-order valence-corrected chi connectivity index (χ0v) is 9.22. The van der Waals surface area contributed by atoms with Crippen LogP contribution >= 0.6 is 0 Å². The first kappa shape index (κ1) is 11.4. The van der Waals surface area contributed by atoms with E-state index in [0.717, 1.165) is 5.56 Å². The summed E-state index contributed by atoms with van der Waals surface area (Å²) in [6.07, 6.45) is 0.243. The molecule has 0 aliphatic carbocycles. The van der Waals surface area contributed by atoms with Crippen LogP contribution in [0.25, 0.3) is 0 Å². The van der Waals surface area contributed by atoms with Crippen LogP contribution in [0, 0.1) is 0 Å². The van der Waals surface area contributed by atoms with E-state index in [2.05, 4.69) is 0 Å². The van der Waals surface area contributed by atoms with Gasteiger partial charge in [-0.25, -0.2) is 0 Å². The number of rotatable bonds is 2. The fourth-order valence-electron chi connectivity index (χ4n) is 2.16. The highest BCUT2D eigenvalue weighted by molar-refractivity contribution is 5.32. The summed E-state index contributed by atoms with van der Waals surface area (Å²) in [5.41, 5.74) is 0.313. The van der Waals surface area contributed by atoms with E-state index in [0.29, 0.717) is 19.4 Å². The lowest BCUT2D eigenvalue weighted by molar-refractivity contribution is -0.198. The van der Waals surface area contributed by atoms with Crippen molar-refractivity contribution >= 4 is 0 Å². The lowest BCUT2D eigenvalue weighted by Crippen LogP contribution is -2.40. The highest BCUT2D eigenvalue weighted by atomic mass is 16.6. The third-order valence-corrected chi connectivity index (χ3v) is 3.08. The first-order valence-corrected chi connectivity index (χ1v) is 5.31. The van der Waals surface area contributed by atoms with Crippen LogP contribution < -0.4 is 0 Å². The molecule has 0 amide bonds.